The van der Waals surface area contributed by atoms with E-state index in [1.165, 1.54) is 0 Å². The van der Waals surface area contributed by atoms with E-state index in [0.29, 0.717) is 12.0 Å². The second kappa shape index (κ2) is 5.85. The Balaban J connectivity index is 1.76. The van der Waals surface area contributed by atoms with Crippen molar-refractivity contribution in [2.75, 3.05) is 18.5 Å². The molecule has 0 spiro atoms. The lowest BCUT2D eigenvalue weighted by Crippen LogP contribution is -2.35. The Labute approximate surface area is 123 Å². The maximum atomic E-state index is 12.7. The van der Waals surface area contributed by atoms with Gasteiger partial charge in [-0.25, -0.2) is 0 Å². The predicted octanol–water partition coefficient (Wildman–Crippen LogP) is 1.56. The summed E-state index contributed by atoms with van der Waals surface area (Å²) in [6.45, 7) is 0.953. The molecule has 0 saturated carbocycles. The van der Waals surface area contributed by atoms with E-state index in [9.17, 15) is 9.59 Å². The molecule has 2 heterocycles. The molecule has 21 heavy (non-hydrogen) atoms. The predicted molar refractivity (Wildman–Crippen MR) is 79.2 cm³/mol. The summed E-state index contributed by atoms with van der Waals surface area (Å²) in [7, 11) is 0. The fourth-order valence-corrected chi connectivity index (χ4v) is 3.26. The molecule has 5 heteroatoms. The molecule has 1 unspecified atom stereocenters. The van der Waals surface area contributed by atoms with Gasteiger partial charge in [0.2, 0.25) is 5.91 Å². The molecular formula is C16H20N2O3. The third-order valence-corrected chi connectivity index (χ3v) is 4.31. The van der Waals surface area contributed by atoms with Crippen LogP contribution in [-0.4, -0.2) is 41.0 Å². The van der Waals surface area contributed by atoms with Crippen molar-refractivity contribution in [3.8, 4) is 0 Å². The molecule has 1 aromatic rings. The number of nitrogens with one attached hydrogen (secondary N) is 1. The molecule has 1 atom stereocenters. The van der Waals surface area contributed by atoms with Crippen molar-refractivity contribution >= 4 is 17.5 Å². The van der Waals surface area contributed by atoms with E-state index in [1.54, 1.807) is 6.07 Å². The van der Waals surface area contributed by atoms with Crippen molar-refractivity contribution in [1.82, 2.24) is 4.90 Å². The highest BCUT2D eigenvalue weighted by molar-refractivity contribution is 6.01. The summed E-state index contributed by atoms with van der Waals surface area (Å²) in [5, 5.41) is 11.7. The van der Waals surface area contributed by atoms with Crippen molar-refractivity contribution < 1.29 is 14.7 Å². The molecule has 2 aliphatic rings. The summed E-state index contributed by atoms with van der Waals surface area (Å²) < 4.78 is 0. The number of anilines is 1. The van der Waals surface area contributed by atoms with Gasteiger partial charge in [0.25, 0.3) is 5.91 Å². The number of likely N-dealkylation sites (tertiary alicyclic amines) is 1. The quantitative estimate of drug-likeness (QED) is 0.883. The molecule has 2 aliphatic heterocycles. The topological polar surface area (TPSA) is 69.6 Å². The Kier molecular flexibility index (Phi) is 3.92. The van der Waals surface area contributed by atoms with E-state index in [2.05, 4.69) is 5.32 Å². The number of aliphatic hydroxyl groups is 1. The van der Waals surface area contributed by atoms with Gasteiger partial charge in [-0.05, 0) is 49.4 Å². The van der Waals surface area contributed by atoms with Gasteiger partial charge in [-0.1, -0.05) is 0 Å². The molecule has 2 amide bonds. The minimum atomic E-state index is -0.0170. The van der Waals surface area contributed by atoms with Crippen LogP contribution < -0.4 is 5.32 Å². The van der Waals surface area contributed by atoms with Gasteiger partial charge in [-0.15, -0.1) is 0 Å². The second-order valence-electron chi connectivity index (χ2n) is 5.76. The third kappa shape index (κ3) is 2.78. The lowest BCUT2D eigenvalue weighted by molar-refractivity contribution is -0.115. The van der Waals surface area contributed by atoms with Crippen molar-refractivity contribution in [2.45, 2.75) is 38.1 Å². The summed E-state index contributed by atoms with van der Waals surface area (Å²) in [4.78, 5) is 26.0. The average molecular weight is 288 g/mol. The van der Waals surface area contributed by atoms with Gasteiger partial charge < -0.3 is 15.3 Å². The summed E-state index contributed by atoms with van der Waals surface area (Å²) in [5.74, 6) is 0.0224. The van der Waals surface area contributed by atoms with E-state index in [4.69, 9.17) is 5.11 Å². The summed E-state index contributed by atoms with van der Waals surface area (Å²) in [6.07, 6.45) is 3.97. The van der Waals surface area contributed by atoms with Crippen molar-refractivity contribution in [2.24, 2.45) is 0 Å². The smallest absolute Gasteiger partial charge is 0.254 e. The first-order valence-corrected chi connectivity index (χ1v) is 7.53. The molecule has 1 aromatic carbocycles. The molecule has 3 rings (SSSR count). The number of carbonyl (C=O) groups excluding carboxylic acids is 2. The normalized spacial score (nSPS) is 20.5. The maximum absolute atomic E-state index is 12.7. The number of hydrogen-bond donors (Lipinski definition) is 2. The summed E-state index contributed by atoms with van der Waals surface area (Å²) in [6, 6.07) is 5.66. The van der Waals surface area contributed by atoms with Crippen molar-refractivity contribution in [3.05, 3.63) is 29.3 Å². The minimum absolute atomic E-state index is 0.0170. The molecule has 2 N–H and O–H groups in total. The number of benzene rings is 1. The molecule has 112 valence electrons. The van der Waals surface area contributed by atoms with Crippen LogP contribution in [0.1, 0.15) is 41.6 Å². The first-order chi connectivity index (χ1) is 10.2. The van der Waals surface area contributed by atoms with E-state index in [-0.39, 0.29) is 24.5 Å². The molecular weight excluding hydrogens is 268 g/mol. The van der Waals surface area contributed by atoms with E-state index in [0.717, 1.165) is 43.5 Å². The Hall–Kier alpha value is -1.88. The number of fused-ring (bicyclic) bond motifs is 1. The standard InChI is InChI=1S/C16H20N2O3/c19-8-2-4-13-3-1-7-18(13)16(21)11-5-6-14-12(9-11)10-15(20)17-14/h5-6,9,13,19H,1-4,7-8,10H2,(H,17,20). The zero-order valence-corrected chi connectivity index (χ0v) is 12.0. The number of aliphatic hydroxyl groups excluding tert-OH is 1. The molecule has 0 radical (unpaired) electrons. The summed E-state index contributed by atoms with van der Waals surface area (Å²) in [5.41, 5.74) is 2.37. The highest BCUT2D eigenvalue weighted by Gasteiger charge is 2.29. The van der Waals surface area contributed by atoms with Gasteiger partial charge in [0.1, 0.15) is 0 Å². The number of nitrogens with zero attached hydrogens (tertiary/aromatic N) is 1. The Morgan fingerprint density at radius 1 is 1.43 bits per heavy atom. The van der Waals surface area contributed by atoms with E-state index < -0.39 is 0 Å². The zero-order chi connectivity index (χ0) is 14.8. The highest BCUT2D eigenvalue weighted by Crippen LogP contribution is 2.27. The van der Waals surface area contributed by atoms with Crippen molar-refractivity contribution in [1.29, 1.82) is 0 Å². The first-order valence-electron chi connectivity index (χ1n) is 7.53. The van der Waals surface area contributed by atoms with E-state index >= 15 is 0 Å². The van der Waals surface area contributed by atoms with Crippen LogP contribution >= 0.6 is 0 Å². The molecule has 0 bridgehead atoms. The molecule has 0 aliphatic carbocycles. The number of hydrogen-bond acceptors (Lipinski definition) is 3. The summed E-state index contributed by atoms with van der Waals surface area (Å²) >= 11 is 0. The average Bonchev–Trinajstić information content (AvgIpc) is 3.08. The van der Waals surface area contributed by atoms with Gasteiger partial charge in [-0.3, -0.25) is 9.59 Å². The first kappa shape index (κ1) is 14.1. The lowest BCUT2D eigenvalue weighted by Gasteiger charge is -2.25. The van der Waals surface area contributed by atoms with Gasteiger partial charge in [0.05, 0.1) is 6.42 Å². The maximum Gasteiger partial charge on any atom is 0.254 e. The van der Waals surface area contributed by atoms with Crippen molar-refractivity contribution in [3.63, 3.8) is 0 Å². The third-order valence-electron chi connectivity index (χ3n) is 4.31. The lowest BCUT2D eigenvalue weighted by atomic mass is 10.1. The molecule has 5 nitrogen and oxygen atoms in total. The van der Waals surface area contributed by atoms with Crippen LogP contribution in [0.4, 0.5) is 5.69 Å². The van der Waals surface area contributed by atoms with Crippen LogP contribution in [0.25, 0.3) is 0 Å². The van der Waals surface area contributed by atoms with Crippen LogP contribution in [0.5, 0.6) is 0 Å². The Bertz CT molecular complexity index is 571. The Morgan fingerprint density at radius 3 is 3.10 bits per heavy atom. The number of amides is 2. The molecule has 1 saturated heterocycles. The van der Waals surface area contributed by atoms with Crippen LogP contribution in [0.15, 0.2) is 18.2 Å². The molecule has 1 fully saturated rings. The van der Waals surface area contributed by atoms with Crippen LogP contribution in [0, 0.1) is 0 Å². The monoisotopic (exact) mass is 288 g/mol. The van der Waals surface area contributed by atoms with Gasteiger partial charge in [0.15, 0.2) is 0 Å². The van der Waals surface area contributed by atoms with Gasteiger partial charge >= 0.3 is 0 Å². The van der Waals surface area contributed by atoms with Crippen LogP contribution in [-0.2, 0) is 11.2 Å². The Morgan fingerprint density at radius 2 is 2.29 bits per heavy atom. The number of carbonyl (C=O) groups is 2. The van der Waals surface area contributed by atoms with Gasteiger partial charge in [0, 0.05) is 30.4 Å². The zero-order valence-electron chi connectivity index (χ0n) is 12.0. The van der Waals surface area contributed by atoms with E-state index in [1.807, 2.05) is 17.0 Å². The minimum Gasteiger partial charge on any atom is -0.396 e. The largest absolute Gasteiger partial charge is 0.396 e. The highest BCUT2D eigenvalue weighted by atomic mass is 16.3. The second-order valence-corrected chi connectivity index (χ2v) is 5.76. The molecule has 0 aromatic heterocycles. The SMILES string of the molecule is O=C1Cc2cc(C(=O)N3CCCC3CCCO)ccc2N1. The van der Waals surface area contributed by atoms with Gasteiger partial charge in [-0.2, -0.15) is 0 Å². The fourth-order valence-electron chi connectivity index (χ4n) is 3.26. The number of rotatable bonds is 4. The fraction of sp³-hybridized carbons (Fsp3) is 0.500. The van der Waals surface area contributed by atoms with Crippen LogP contribution in [0.3, 0.4) is 0 Å². The van der Waals surface area contributed by atoms with Crippen LogP contribution in [0.2, 0.25) is 0 Å².